The maximum Gasteiger partial charge on any atom is 0.281 e. The summed E-state index contributed by atoms with van der Waals surface area (Å²) < 4.78 is 26.8. The molecule has 6 heteroatoms. The highest BCUT2D eigenvalue weighted by atomic mass is 19.3. The predicted octanol–water partition coefficient (Wildman–Crippen LogP) is 1.52. The van der Waals surface area contributed by atoms with Gasteiger partial charge >= 0.3 is 0 Å². The number of aromatic nitrogens is 3. The first kappa shape index (κ1) is 12.0. The van der Waals surface area contributed by atoms with E-state index in [0.717, 1.165) is 12.8 Å². The maximum absolute atomic E-state index is 12.7. The van der Waals surface area contributed by atoms with Gasteiger partial charge in [-0.1, -0.05) is 18.6 Å². The van der Waals surface area contributed by atoms with Crippen molar-refractivity contribution in [1.29, 1.82) is 0 Å². The van der Waals surface area contributed by atoms with Crippen LogP contribution in [0.3, 0.4) is 0 Å². The average Bonchev–Trinajstić information content (AvgIpc) is 2.58. The van der Waals surface area contributed by atoms with Crippen LogP contribution >= 0.6 is 0 Å². The SMILES string of the molecule is CCCCn1nnc(CCN)c1C(F)F. The van der Waals surface area contributed by atoms with Crippen molar-refractivity contribution in [2.45, 2.75) is 39.2 Å². The monoisotopic (exact) mass is 218 g/mol. The lowest BCUT2D eigenvalue weighted by Gasteiger charge is -2.05. The van der Waals surface area contributed by atoms with Gasteiger partial charge in [-0.05, 0) is 13.0 Å². The highest BCUT2D eigenvalue weighted by Crippen LogP contribution is 2.21. The number of aryl methyl sites for hydroxylation is 1. The zero-order chi connectivity index (χ0) is 11.3. The number of nitrogens with zero attached hydrogens (tertiary/aromatic N) is 3. The van der Waals surface area contributed by atoms with E-state index in [1.54, 1.807) is 0 Å². The molecule has 0 aliphatic rings. The Kier molecular flexibility index (Phi) is 4.61. The third-order valence-electron chi connectivity index (χ3n) is 2.16. The van der Waals surface area contributed by atoms with Crippen molar-refractivity contribution in [1.82, 2.24) is 15.0 Å². The second-order valence-electron chi connectivity index (χ2n) is 3.34. The van der Waals surface area contributed by atoms with Crippen LogP contribution in [-0.2, 0) is 13.0 Å². The van der Waals surface area contributed by atoms with Crippen LogP contribution in [0.1, 0.15) is 37.6 Å². The average molecular weight is 218 g/mol. The number of nitrogens with two attached hydrogens (primary N) is 1. The summed E-state index contributed by atoms with van der Waals surface area (Å²) in [5.74, 6) is 0. The number of halogens is 2. The van der Waals surface area contributed by atoms with Gasteiger partial charge < -0.3 is 5.73 Å². The van der Waals surface area contributed by atoms with Gasteiger partial charge in [0.15, 0.2) is 0 Å². The second kappa shape index (κ2) is 5.75. The molecule has 86 valence electrons. The summed E-state index contributed by atoms with van der Waals surface area (Å²) >= 11 is 0. The van der Waals surface area contributed by atoms with Gasteiger partial charge in [0.25, 0.3) is 6.43 Å². The molecule has 1 rings (SSSR count). The van der Waals surface area contributed by atoms with E-state index in [2.05, 4.69) is 10.3 Å². The van der Waals surface area contributed by atoms with E-state index in [9.17, 15) is 8.78 Å². The lowest BCUT2D eigenvalue weighted by atomic mass is 10.2. The molecule has 1 aromatic heterocycles. The van der Waals surface area contributed by atoms with Gasteiger partial charge in [0.05, 0.1) is 5.69 Å². The molecule has 0 saturated carbocycles. The molecule has 1 aromatic rings. The van der Waals surface area contributed by atoms with Gasteiger partial charge in [0, 0.05) is 13.0 Å². The zero-order valence-corrected chi connectivity index (χ0v) is 8.79. The Hall–Kier alpha value is -1.04. The van der Waals surface area contributed by atoms with Crippen molar-refractivity contribution in [3.63, 3.8) is 0 Å². The van der Waals surface area contributed by atoms with E-state index in [4.69, 9.17) is 5.73 Å². The quantitative estimate of drug-likeness (QED) is 0.787. The third kappa shape index (κ3) is 2.95. The Morgan fingerprint density at radius 3 is 2.73 bits per heavy atom. The Labute approximate surface area is 87.5 Å². The fourth-order valence-corrected chi connectivity index (χ4v) is 1.38. The van der Waals surface area contributed by atoms with E-state index in [-0.39, 0.29) is 5.69 Å². The molecule has 0 aliphatic carbocycles. The third-order valence-corrected chi connectivity index (χ3v) is 2.16. The van der Waals surface area contributed by atoms with Gasteiger partial charge in [-0.25, -0.2) is 13.5 Å². The highest BCUT2D eigenvalue weighted by molar-refractivity contribution is 5.12. The van der Waals surface area contributed by atoms with Gasteiger partial charge in [0.1, 0.15) is 5.69 Å². The van der Waals surface area contributed by atoms with Gasteiger partial charge in [-0.2, -0.15) is 0 Å². The molecule has 0 aliphatic heterocycles. The highest BCUT2D eigenvalue weighted by Gasteiger charge is 2.20. The van der Waals surface area contributed by atoms with Crippen molar-refractivity contribution in [2.75, 3.05) is 6.54 Å². The molecular weight excluding hydrogens is 202 g/mol. The standard InChI is InChI=1S/C9H16F2N4/c1-2-3-6-15-8(9(10)11)7(4-5-12)13-14-15/h9H,2-6,12H2,1H3. The molecule has 2 N–H and O–H groups in total. The summed E-state index contributed by atoms with van der Waals surface area (Å²) in [6, 6.07) is 0. The van der Waals surface area contributed by atoms with Crippen LogP contribution < -0.4 is 5.73 Å². The predicted molar refractivity (Wildman–Crippen MR) is 52.6 cm³/mol. The minimum absolute atomic E-state index is 0.0751. The van der Waals surface area contributed by atoms with Crippen molar-refractivity contribution < 1.29 is 8.78 Å². The van der Waals surface area contributed by atoms with Crippen LogP contribution in [0.2, 0.25) is 0 Å². The van der Waals surface area contributed by atoms with Crippen molar-refractivity contribution in [3.05, 3.63) is 11.4 Å². The first-order valence-corrected chi connectivity index (χ1v) is 5.11. The Morgan fingerprint density at radius 2 is 2.20 bits per heavy atom. The molecule has 0 saturated heterocycles. The van der Waals surface area contributed by atoms with Gasteiger partial charge in [-0.3, -0.25) is 0 Å². The normalized spacial score (nSPS) is 11.3. The van der Waals surface area contributed by atoms with Crippen LogP contribution in [0.25, 0.3) is 0 Å². The molecule has 0 aromatic carbocycles. The molecule has 0 spiro atoms. The van der Waals surface area contributed by atoms with E-state index in [1.165, 1.54) is 4.68 Å². The van der Waals surface area contributed by atoms with Gasteiger partial charge in [0.2, 0.25) is 0 Å². The first-order chi connectivity index (χ1) is 7.20. The summed E-state index contributed by atoms with van der Waals surface area (Å²) in [4.78, 5) is 0. The van der Waals surface area contributed by atoms with Crippen molar-refractivity contribution in [3.8, 4) is 0 Å². The van der Waals surface area contributed by atoms with Crippen LogP contribution in [0, 0.1) is 0 Å². The van der Waals surface area contributed by atoms with Gasteiger partial charge in [-0.15, -0.1) is 5.10 Å². The molecule has 0 atom stereocenters. The van der Waals surface area contributed by atoms with Crippen LogP contribution in [0.4, 0.5) is 8.78 Å². The summed E-state index contributed by atoms with van der Waals surface area (Å²) in [7, 11) is 0. The molecule has 0 fully saturated rings. The zero-order valence-electron chi connectivity index (χ0n) is 8.79. The number of unbranched alkanes of at least 4 members (excludes halogenated alkanes) is 1. The summed E-state index contributed by atoms with van der Waals surface area (Å²) in [5.41, 5.74) is 5.56. The fourth-order valence-electron chi connectivity index (χ4n) is 1.38. The topological polar surface area (TPSA) is 56.7 Å². The second-order valence-corrected chi connectivity index (χ2v) is 3.34. The van der Waals surface area contributed by atoms with Crippen LogP contribution in [-0.4, -0.2) is 21.5 Å². The molecule has 0 radical (unpaired) electrons. The number of rotatable bonds is 6. The Morgan fingerprint density at radius 1 is 1.47 bits per heavy atom. The van der Waals surface area contributed by atoms with E-state index < -0.39 is 6.43 Å². The largest absolute Gasteiger partial charge is 0.330 e. The summed E-state index contributed by atoms with van der Waals surface area (Å²) in [6.07, 6.45) is -0.412. The summed E-state index contributed by atoms with van der Waals surface area (Å²) in [5, 5.41) is 7.46. The lowest BCUT2D eigenvalue weighted by Crippen LogP contribution is -2.09. The molecule has 0 bridgehead atoms. The minimum atomic E-state index is -2.53. The van der Waals surface area contributed by atoms with Crippen molar-refractivity contribution in [2.24, 2.45) is 5.73 Å². The molecular formula is C9H16F2N4. The molecule has 0 amide bonds. The molecule has 4 nitrogen and oxygen atoms in total. The number of alkyl halides is 2. The van der Waals surface area contributed by atoms with Crippen LogP contribution in [0.15, 0.2) is 0 Å². The molecule has 1 heterocycles. The number of hydrogen-bond acceptors (Lipinski definition) is 3. The Balaban J connectivity index is 2.85. The van der Waals surface area contributed by atoms with E-state index >= 15 is 0 Å². The minimum Gasteiger partial charge on any atom is -0.330 e. The van der Waals surface area contributed by atoms with Crippen molar-refractivity contribution >= 4 is 0 Å². The Bertz CT molecular complexity index is 298. The lowest BCUT2D eigenvalue weighted by molar-refractivity contribution is 0.137. The first-order valence-electron chi connectivity index (χ1n) is 5.11. The summed E-state index contributed by atoms with van der Waals surface area (Å²) in [6.45, 7) is 2.81. The maximum atomic E-state index is 12.7. The van der Waals surface area contributed by atoms with Crippen LogP contribution in [0.5, 0.6) is 0 Å². The van der Waals surface area contributed by atoms with E-state index in [0.29, 0.717) is 25.2 Å². The van der Waals surface area contributed by atoms with E-state index in [1.807, 2.05) is 6.92 Å². The fraction of sp³-hybridized carbons (Fsp3) is 0.778. The smallest absolute Gasteiger partial charge is 0.281 e. The molecule has 15 heavy (non-hydrogen) atoms. The number of hydrogen-bond donors (Lipinski definition) is 1. The molecule has 0 unspecified atom stereocenters.